The maximum absolute atomic E-state index is 10.0. The maximum Gasteiger partial charge on any atom is 0.0715 e. The summed E-state index contributed by atoms with van der Waals surface area (Å²) in [5.41, 5.74) is -0.0171. The zero-order valence-corrected chi connectivity index (χ0v) is 11.2. The van der Waals surface area contributed by atoms with Crippen LogP contribution in [0.3, 0.4) is 0 Å². The lowest BCUT2D eigenvalue weighted by Crippen LogP contribution is -2.44. The van der Waals surface area contributed by atoms with Crippen LogP contribution in [0.1, 0.15) is 40.5 Å². The molecule has 1 rings (SSSR count). The van der Waals surface area contributed by atoms with Crippen molar-refractivity contribution in [2.45, 2.75) is 52.7 Å². The zero-order chi connectivity index (χ0) is 12.2. The average molecular weight is 229 g/mol. The normalized spacial score (nSPS) is 22.3. The number of hydrogen-bond acceptors (Lipinski definition) is 3. The standard InChI is InChI=1S/C13H27NO2/c1-5-16-11-6-8-14(9-7-11)10-12(15)13(2,3)4/h11-12,15H,5-10H2,1-4H3. The summed E-state index contributed by atoms with van der Waals surface area (Å²) in [5, 5.41) is 10.0. The average Bonchev–Trinajstić information content (AvgIpc) is 2.20. The Morgan fingerprint density at radius 2 is 1.88 bits per heavy atom. The number of rotatable bonds is 4. The van der Waals surface area contributed by atoms with Crippen LogP contribution < -0.4 is 0 Å². The first-order valence-corrected chi connectivity index (χ1v) is 6.45. The number of aliphatic hydroxyl groups excluding tert-OH is 1. The molecule has 3 nitrogen and oxygen atoms in total. The third kappa shape index (κ3) is 4.40. The summed E-state index contributed by atoms with van der Waals surface area (Å²) in [6.45, 7) is 12.0. The Labute approximate surface area is 99.8 Å². The molecule has 1 aliphatic heterocycles. The molecule has 1 heterocycles. The van der Waals surface area contributed by atoms with Crippen LogP contribution in [-0.2, 0) is 4.74 Å². The van der Waals surface area contributed by atoms with Gasteiger partial charge in [0.25, 0.3) is 0 Å². The first-order chi connectivity index (χ1) is 7.43. The van der Waals surface area contributed by atoms with E-state index in [1.165, 1.54) is 0 Å². The second-order valence-electron chi connectivity index (χ2n) is 5.84. The molecule has 1 atom stereocenters. The van der Waals surface area contributed by atoms with Gasteiger partial charge in [0.2, 0.25) is 0 Å². The molecule has 1 saturated heterocycles. The number of hydrogen-bond donors (Lipinski definition) is 1. The molecule has 3 heteroatoms. The van der Waals surface area contributed by atoms with E-state index in [0.29, 0.717) is 6.10 Å². The molecular weight excluding hydrogens is 202 g/mol. The van der Waals surface area contributed by atoms with Gasteiger partial charge in [-0.25, -0.2) is 0 Å². The fourth-order valence-electron chi connectivity index (χ4n) is 2.01. The van der Waals surface area contributed by atoms with E-state index in [0.717, 1.165) is 39.1 Å². The first kappa shape index (κ1) is 13.9. The molecule has 0 bridgehead atoms. The minimum absolute atomic E-state index is 0.0171. The lowest BCUT2D eigenvalue weighted by Gasteiger charge is -2.36. The van der Waals surface area contributed by atoms with Crippen LogP contribution in [0.5, 0.6) is 0 Å². The van der Waals surface area contributed by atoms with Crippen molar-refractivity contribution in [3.8, 4) is 0 Å². The molecule has 0 aliphatic carbocycles. The summed E-state index contributed by atoms with van der Waals surface area (Å²) in [6.07, 6.45) is 2.40. The number of ether oxygens (including phenoxy) is 1. The molecule has 96 valence electrons. The van der Waals surface area contributed by atoms with Crippen LogP contribution in [0.25, 0.3) is 0 Å². The van der Waals surface area contributed by atoms with Gasteiger partial charge in [0.1, 0.15) is 0 Å². The lowest BCUT2D eigenvalue weighted by molar-refractivity contribution is -0.0146. The highest BCUT2D eigenvalue weighted by Gasteiger charge is 2.26. The van der Waals surface area contributed by atoms with Crippen molar-refractivity contribution >= 4 is 0 Å². The zero-order valence-electron chi connectivity index (χ0n) is 11.2. The van der Waals surface area contributed by atoms with Crippen molar-refractivity contribution in [2.24, 2.45) is 5.41 Å². The molecule has 1 N–H and O–H groups in total. The fourth-order valence-corrected chi connectivity index (χ4v) is 2.01. The number of β-amino-alcohol motifs (C(OH)–C–C–N with tert-alkyl or cyclic N) is 1. The minimum atomic E-state index is -0.240. The fraction of sp³-hybridized carbons (Fsp3) is 1.00. The van der Waals surface area contributed by atoms with Crippen LogP contribution in [0.2, 0.25) is 0 Å². The molecule has 1 fully saturated rings. The predicted molar refractivity (Wildman–Crippen MR) is 66.5 cm³/mol. The SMILES string of the molecule is CCOC1CCN(CC(O)C(C)(C)C)CC1. The van der Waals surface area contributed by atoms with Gasteiger partial charge in [0, 0.05) is 26.2 Å². The van der Waals surface area contributed by atoms with Crippen molar-refractivity contribution < 1.29 is 9.84 Å². The Balaban J connectivity index is 2.27. The Morgan fingerprint density at radius 3 is 2.31 bits per heavy atom. The second kappa shape index (κ2) is 5.99. The molecule has 0 aromatic carbocycles. The van der Waals surface area contributed by atoms with Crippen molar-refractivity contribution in [1.82, 2.24) is 4.90 Å². The van der Waals surface area contributed by atoms with Gasteiger partial charge in [-0.2, -0.15) is 0 Å². The highest BCUT2D eigenvalue weighted by atomic mass is 16.5. The van der Waals surface area contributed by atoms with E-state index >= 15 is 0 Å². The summed E-state index contributed by atoms with van der Waals surface area (Å²) in [6, 6.07) is 0. The molecular formula is C13H27NO2. The van der Waals surface area contributed by atoms with Gasteiger partial charge >= 0.3 is 0 Å². The third-order valence-corrected chi connectivity index (χ3v) is 3.37. The van der Waals surface area contributed by atoms with Crippen LogP contribution in [0.15, 0.2) is 0 Å². The van der Waals surface area contributed by atoms with E-state index in [4.69, 9.17) is 4.74 Å². The third-order valence-electron chi connectivity index (χ3n) is 3.37. The van der Waals surface area contributed by atoms with E-state index in [1.807, 2.05) is 0 Å². The van der Waals surface area contributed by atoms with Crippen molar-refractivity contribution in [1.29, 1.82) is 0 Å². The highest BCUT2D eigenvalue weighted by Crippen LogP contribution is 2.21. The van der Waals surface area contributed by atoms with Gasteiger partial charge in [0.05, 0.1) is 12.2 Å². The number of piperidine rings is 1. The molecule has 0 radical (unpaired) electrons. The Kier molecular flexibility index (Phi) is 5.22. The number of nitrogens with zero attached hydrogens (tertiary/aromatic N) is 1. The van der Waals surface area contributed by atoms with Crippen LogP contribution in [-0.4, -0.2) is 48.5 Å². The van der Waals surface area contributed by atoms with E-state index < -0.39 is 0 Å². The van der Waals surface area contributed by atoms with Gasteiger partial charge in [-0.1, -0.05) is 20.8 Å². The van der Waals surface area contributed by atoms with E-state index in [2.05, 4.69) is 32.6 Å². The van der Waals surface area contributed by atoms with E-state index in [-0.39, 0.29) is 11.5 Å². The highest BCUT2D eigenvalue weighted by molar-refractivity contribution is 4.79. The largest absolute Gasteiger partial charge is 0.391 e. The van der Waals surface area contributed by atoms with Gasteiger partial charge in [0.15, 0.2) is 0 Å². The van der Waals surface area contributed by atoms with Crippen LogP contribution in [0.4, 0.5) is 0 Å². The minimum Gasteiger partial charge on any atom is -0.391 e. The van der Waals surface area contributed by atoms with Gasteiger partial charge < -0.3 is 14.7 Å². The van der Waals surface area contributed by atoms with Crippen molar-refractivity contribution in [3.63, 3.8) is 0 Å². The first-order valence-electron chi connectivity index (χ1n) is 6.45. The summed E-state index contributed by atoms with van der Waals surface area (Å²) >= 11 is 0. The maximum atomic E-state index is 10.0. The molecule has 0 spiro atoms. The Bertz CT molecular complexity index is 193. The van der Waals surface area contributed by atoms with E-state index in [1.54, 1.807) is 0 Å². The summed E-state index contributed by atoms with van der Waals surface area (Å²) in [4.78, 5) is 2.35. The van der Waals surface area contributed by atoms with Crippen LogP contribution >= 0.6 is 0 Å². The summed E-state index contributed by atoms with van der Waals surface area (Å²) < 4.78 is 5.61. The van der Waals surface area contributed by atoms with Crippen molar-refractivity contribution in [3.05, 3.63) is 0 Å². The van der Waals surface area contributed by atoms with Gasteiger partial charge in [-0.05, 0) is 25.2 Å². The smallest absolute Gasteiger partial charge is 0.0715 e. The molecule has 0 amide bonds. The summed E-state index contributed by atoms with van der Waals surface area (Å²) in [7, 11) is 0. The van der Waals surface area contributed by atoms with Gasteiger partial charge in [-0.3, -0.25) is 0 Å². The Morgan fingerprint density at radius 1 is 1.31 bits per heavy atom. The predicted octanol–water partition coefficient (Wildman–Crippen LogP) is 1.89. The lowest BCUT2D eigenvalue weighted by atomic mass is 9.88. The quantitative estimate of drug-likeness (QED) is 0.799. The number of likely N-dealkylation sites (tertiary alicyclic amines) is 1. The van der Waals surface area contributed by atoms with Crippen LogP contribution in [0, 0.1) is 5.41 Å². The Hall–Kier alpha value is -0.120. The topological polar surface area (TPSA) is 32.7 Å². The summed E-state index contributed by atoms with van der Waals surface area (Å²) in [5.74, 6) is 0. The molecule has 0 aromatic rings. The second-order valence-corrected chi connectivity index (χ2v) is 5.84. The number of aliphatic hydroxyl groups is 1. The molecule has 1 unspecified atom stereocenters. The molecule has 0 aromatic heterocycles. The van der Waals surface area contributed by atoms with E-state index in [9.17, 15) is 5.11 Å². The molecule has 1 aliphatic rings. The van der Waals surface area contributed by atoms with Gasteiger partial charge in [-0.15, -0.1) is 0 Å². The monoisotopic (exact) mass is 229 g/mol. The molecule has 16 heavy (non-hydrogen) atoms. The van der Waals surface area contributed by atoms with Crippen molar-refractivity contribution in [2.75, 3.05) is 26.2 Å². The molecule has 0 saturated carbocycles.